The number of fused-ring (bicyclic) bond motifs is 1. The second-order valence-electron chi connectivity index (χ2n) is 9.68. The number of aryl methyl sites for hydroxylation is 2. The molecule has 0 aliphatic carbocycles. The number of thioether (sulfide) groups is 1. The average Bonchev–Trinajstić information content (AvgIpc) is 3.67. The van der Waals surface area contributed by atoms with Gasteiger partial charge in [0, 0.05) is 29.1 Å². The average molecular weight is 633 g/mol. The van der Waals surface area contributed by atoms with Crippen LogP contribution in [0.4, 0.5) is 10.8 Å². The lowest BCUT2D eigenvalue weighted by Crippen LogP contribution is -2.29. The Kier molecular flexibility index (Phi) is 7.46. The minimum Gasteiger partial charge on any atom is -0.505 e. The summed E-state index contributed by atoms with van der Waals surface area (Å²) in [6.45, 7) is 3.60. The summed E-state index contributed by atoms with van der Waals surface area (Å²) in [5.41, 5.74) is 2.73. The van der Waals surface area contributed by atoms with Crippen LogP contribution in [0.3, 0.4) is 0 Å². The molecule has 2 aromatic carbocycles. The molecule has 5 aromatic rings. The van der Waals surface area contributed by atoms with Crippen molar-refractivity contribution in [3.05, 3.63) is 116 Å². The van der Waals surface area contributed by atoms with Crippen molar-refractivity contribution in [2.75, 3.05) is 4.90 Å². The molecule has 43 heavy (non-hydrogen) atoms. The number of aliphatic hydroxyl groups excluding tert-OH is 1. The maximum Gasteiger partial charge on any atom is 0.301 e. The third kappa shape index (κ3) is 5.05. The van der Waals surface area contributed by atoms with E-state index in [1.807, 2.05) is 37.3 Å². The van der Waals surface area contributed by atoms with Gasteiger partial charge in [-0.2, -0.15) is 0 Å². The third-order valence-electron chi connectivity index (χ3n) is 7.06. The molecule has 216 valence electrons. The summed E-state index contributed by atoms with van der Waals surface area (Å²) >= 11 is 8.72. The van der Waals surface area contributed by atoms with E-state index in [-0.39, 0.29) is 27.6 Å². The maximum absolute atomic E-state index is 13.6. The first-order valence-electron chi connectivity index (χ1n) is 12.9. The van der Waals surface area contributed by atoms with E-state index in [1.54, 1.807) is 29.7 Å². The summed E-state index contributed by atoms with van der Waals surface area (Å²) in [7, 11) is 0. The fourth-order valence-corrected chi connectivity index (χ4v) is 7.09. The predicted molar refractivity (Wildman–Crippen MR) is 163 cm³/mol. The molecule has 0 spiro atoms. The molecule has 0 saturated carbocycles. The summed E-state index contributed by atoms with van der Waals surface area (Å²) in [5.74, 6) is -1.92. The zero-order valence-corrected chi connectivity index (χ0v) is 25.0. The Labute approximate surface area is 257 Å². The van der Waals surface area contributed by atoms with Crippen LogP contribution in [0.25, 0.3) is 11.4 Å². The molecule has 1 amide bonds. The van der Waals surface area contributed by atoms with Gasteiger partial charge in [-0.05, 0) is 42.7 Å². The molecular weight excluding hydrogens is 612 g/mol. The highest BCUT2D eigenvalue weighted by Gasteiger charge is 2.49. The number of pyridine rings is 1. The molecule has 3 aromatic heterocycles. The molecule has 1 aliphatic heterocycles. The van der Waals surface area contributed by atoms with E-state index >= 15 is 0 Å². The number of hydrogen-bond donors (Lipinski definition) is 1. The van der Waals surface area contributed by atoms with Gasteiger partial charge in [0.05, 0.1) is 22.2 Å². The molecule has 14 heteroatoms. The Morgan fingerprint density at radius 3 is 2.65 bits per heavy atom. The van der Waals surface area contributed by atoms with Crippen LogP contribution in [0.1, 0.15) is 34.1 Å². The lowest BCUT2D eigenvalue weighted by Gasteiger charge is -2.22. The quantitative estimate of drug-likeness (QED) is 0.0417. The van der Waals surface area contributed by atoms with Crippen LogP contribution in [-0.4, -0.2) is 41.3 Å². The minimum atomic E-state index is -1.22. The van der Waals surface area contributed by atoms with Gasteiger partial charge in [0.15, 0.2) is 10.1 Å². The highest BCUT2D eigenvalue weighted by Crippen LogP contribution is 2.45. The molecule has 4 heterocycles. The zero-order chi connectivity index (χ0) is 30.4. The van der Waals surface area contributed by atoms with Crippen LogP contribution in [0.15, 0.2) is 76.8 Å². The first kappa shape index (κ1) is 28.5. The standard InChI is InChI=1S/C29H21ClN6O5S2/c1-15-7-6-12-34-16(2)22(31-26(15)34)24(37)21-23(17-9-5-10-19(13-17)36(40)41)35(27(39)25(21)38)28-32-33-29(43-28)42-14-18-8-3-4-11-20(18)30/h3-13,23,37H,14H2,1-2H3. The maximum atomic E-state index is 13.6. The predicted octanol–water partition coefficient (Wildman–Crippen LogP) is 6.28. The van der Waals surface area contributed by atoms with Gasteiger partial charge in [-0.25, -0.2) is 4.98 Å². The van der Waals surface area contributed by atoms with Gasteiger partial charge in [0.1, 0.15) is 11.3 Å². The van der Waals surface area contributed by atoms with Crippen molar-refractivity contribution in [2.24, 2.45) is 0 Å². The first-order valence-corrected chi connectivity index (χ1v) is 15.0. The van der Waals surface area contributed by atoms with E-state index in [4.69, 9.17) is 11.6 Å². The van der Waals surface area contributed by atoms with Crippen LogP contribution in [0, 0.1) is 24.0 Å². The van der Waals surface area contributed by atoms with E-state index in [0.29, 0.717) is 26.5 Å². The van der Waals surface area contributed by atoms with Gasteiger partial charge >= 0.3 is 5.91 Å². The SMILES string of the molecule is Cc1cccn2c(C)c(C(O)=C3C(=O)C(=O)N(c4nnc(SCc5ccccc5Cl)s4)C3c3cccc([N+](=O)[O-])c3)nc12. The van der Waals surface area contributed by atoms with Crippen LogP contribution in [0.5, 0.6) is 0 Å². The van der Waals surface area contributed by atoms with E-state index in [1.165, 1.54) is 30.0 Å². The number of ketones is 1. The number of nitrogens with zero attached hydrogens (tertiary/aromatic N) is 6. The van der Waals surface area contributed by atoms with E-state index in [0.717, 1.165) is 27.4 Å². The number of Topliss-reactive ketones (excluding diaryl/α,β-unsaturated/α-hetero) is 1. The number of carbonyl (C=O) groups is 2. The van der Waals surface area contributed by atoms with E-state index in [9.17, 15) is 24.8 Å². The van der Waals surface area contributed by atoms with Crippen LogP contribution in [0.2, 0.25) is 5.02 Å². The lowest BCUT2D eigenvalue weighted by molar-refractivity contribution is -0.384. The number of aliphatic hydroxyl groups is 1. The summed E-state index contributed by atoms with van der Waals surface area (Å²) in [5, 5.41) is 32.3. The molecule has 1 atom stereocenters. The largest absolute Gasteiger partial charge is 0.505 e. The normalized spacial score (nSPS) is 16.3. The van der Waals surface area contributed by atoms with Gasteiger partial charge in [-0.1, -0.05) is 71.1 Å². The molecule has 0 radical (unpaired) electrons. The van der Waals surface area contributed by atoms with Crippen LogP contribution < -0.4 is 4.90 Å². The molecule has 1 N–H and O–H groups in total. The molecule has 1 fully saturated rings. The van der Waals surface area contributed by atoms with Crippen LogP contribution >= 0.6 is 34.7 Å². The van der Waals surface area contributed by atoms with Crippen molar-refractivity contribution < 1.29 is 19.6 Å². The van der Waals surface area contributed by atoms with Crippen molar-refractivity contribution in [3.63, 3.8) is 0 Å². The van der Waals surface area contributed by atoms with Gasteiger partial charge in [-0.15, -0.1) is 10.2 Å². The van der Waals surface area contributed by atoms with Gasteiger partial charge in [0.25, 0.3) is 11.5 Å². The topological polar surface area (TPSA) is 144 Å². The fourth-order valence-electron chi connectivity index (χ4n) is 4.94. The Hall–Kier alpha value is -4.59. The highest BCUT2D eigenvalue weighted by atomic mass is 35.5. The molecule has 1 saturated heterocycles. The second kappa shape index (κ2) is 11.2. The van der Waals surface area contributed by atoms with Crippen molar-refractivity contribution in [3.8, 4) is 0 Å². The second-order valence-corrected chi connectivity index (χ2v) is 12.3. The summed E-state index contributed by atoms with van der Waals surface area (Å²) in [6, 6.07) is 15.4. The van der Waals surface area contributed by atoms with Crippen molar-refractivity contribution in [2.45, 2.75) is 30.0 Å². The van der Waals surface area contributed by atoms with Crippen molar-refractivity contribution in [1.82, 2.24) is 19.6 Å². The number of aromatic nitrogens is 4. The molecule has 1 aliphatic rings. The molecular formula is C29H21ClN6O5S2. The molecule has 6 rings (SSSR count). The van der Waals surface area contributed by atoms with Gasteiger partial charge in [0.2, 0.25) is 5.13 Å². The number of nitro groups is 1. The number of imidazole rings is 1. The van der Waals surface area contributed by atoms with Crippen molar-refractivity contribution in [1.29, 1.82) is 0 Å². The van der Waals surface area contributed by atoms with E-state index < -0.39 is 28.4 Å². The number of amides is 1. The van der Waals surface area contributed by atoms with Crippen molar-refractivity contribution >= 4 is 68.6 Å². The fraction of sp³-hybridized carbons (Fsp3) is 0.138. The summed E-state index contributed by atoms with van der Waals surface area (Å²) in [4.78, 5) is 44.0. The zero-order valence-electron chi connectivity index (χ0n) is 22.6. The monoisotopic (exact) mass is 632 g/mol. The number of benzene rings is 2. The number of halogens is 1. The lowest BCUT2D eigenvalue weighted by atomic mass is 9.96. The number of carbonyl (C=O) groups excluding carboxylic acids is 2. The number of rotatable bonds is 7. The first-order chi connectivity index (χ1) is 20.7. The van der Waals surface area contributed by atoms with Crippen LogP contribution in [-0.2, 0) is 15.3 Å². The molecule has 0 bridgehead atoms. The Bertz CT molecular complexity index is 1990. The number of hydrogen-bond acceptors (Lipinski definition) is 10. The smallest absolute Gasteiger partial charge is 0.301 e. The highest BCUT2D eigenvalue weighted by molar-refractivity contribution is 8.00. The summed E-state index contributed by atoms with van der Waals surface area (Å²) < 4.78 is 2.29. The number of nitro benzene ring substituents is 1. The number of anilines is 1. The minimum absolute atomic E-state index is 0.0990. The number of non-ortho nitro benzene ring substituents is 1. The summed E-state index contributed by atoms with van der Waals surface area (Å²) in [6.07, 6.45) is 1.78. The Balaban J connectivity index is 1.47. The van der Waals surface area contributed by atoms with E-state index in [2.05, 4.69) is 15.2 Å². The third-order valence-corrected chi connectivity index (χ3v) is 9.53. The van der Waals surface area contributed by atoms with Gasteiger partial charge < -0.3 is 9.51 Å². The molecule has 11 nitrogen and oxygen atoms in total. The molecule has 1 unspecified atom stereocenters. The Morgan fingerprint density at radius 1 is 1.12 bits per heavy atom. The van der Waals surface area contributed by atoms with Gasteiger partial charge in [-0.3, -0.25) is 24.6 Å². The Morgan fingerprint density at radius 2 is 1.91 bits per heavy atom.